The molecule has 0 saturated carbocycles. The summed E-state index contributed by atoms with van der Waals surface area (Å²) in [5, 5.41) is 0. The molecule has 84 valence electrons. The van der Waals surface area contributed by atoms with E-state index in [1.165, 1.54) is 4.31 Å². The van der Waals surface area contributed by atoms with Crippen LogP contribution in [0.25, 0.3) is 0 Å². The van der Waals surface area contributed by atoms with E-state index >= 15 is 0 Å². The first kappa shape index (κ1) is 12.2. The van der Waals surface area contributed by atoms with Crippen molar-refractivity contribution in [3.63, 3.8) is 0 Å². The largest absolute Gasteiger partial charge is 0.379 e. The summed E-state index contributed by atoms with van der Waals surface area (Å²) in [4.78, 5) is 0. The molecule has 0 aromatic rings. The van der Waals surface area contributed by atoms with Crippen molar-refractivity contribution in [1.82, 2.24) is 4.31 Å². The van der Waals surface area contributed by atoms with Gasteiger partial charge >= 0.3 is 0 Å². The standard InChI is InChI=1S/C8H16ClNO3S/c1-8(6-9)7-14(11,12)10-2-4-13-5-3-10/h8H,2-7H2,1H3. The molecule has 1 saturated heterocycles. The van der Waals surface area contributed by atoms with Crippen LogP contribution in [0.2, 0.25) is 0 Å². The quantitative estimate of drug-likeness (QED) is 0.675. The average Bonchev–Trinajstić information content (AvgIpc) is 2.18. The van der Waals surface area contributed by atoms with E-state index in [4.69, 9.17) is 16.3 Å². The Morgan fingerprint density at radius 1 is 1.43 bits per heavy atom. The van der Waals surface area contributed by atoms with Gasteiger partial charge in [-0.25, -0.2) is 8.42 Å². The zero-order valence-electron chi connectivity index (χ0n) is 8.28. The highest BCUT2D eigenvalue weighted by Gasteiger charge is 2.25. The van der Waals surface area contributed by atoms with E-state index in [9.17, 15) is 8.42 Å². The third kappa shape index (κ3) is 3.38. The van der Waals surface area contributed by atoms with E-state index in [1.54, 1.807) is 0 Å². The summed E-state index contributed by atoms with van der Waals surface area (Å²) in [6, 6.07) is 0. The van der Waals surface area contributed by atoms with Gasteiger partial charge in [-0.15, -0.1) is 11.6 Å². The second-order valence-corrected chi connectivity index (χ2v) is 5.87. The summed E-state index contributed by atoms with van der Waals surface area (Å²) in [5.74, 6) is 0.518. The number of sulfonamides is 1. The maximum atomic E-state index is 11.8. The zero-order valence-corrected chi connectivity index (χ0v) is 9.85. The normalized spacial score (nSPS) is 22.1. The summed E-state index contributed by atoms with van der Waals surface area (Å²) in [5.41, 5.74) is 0. The summed E-state index contributed by atoms with van der Waals surface area (Å²) in [6.45, 7) is 3.77. The Bertz CT molecular complexity index is 262. The summed E-state index contributed by atoms with van der Waals surface area (Å²) < 4.78 is 30.1. The Balaban J connectivity index is 2.54. The Morgan fingerprint density at radius 2 is 2.00 bits per heavy atom. The lowest BCUT2D eigenvalue weighted by molar-refractivity contribution is 0.0729. The van der Waals surface area contributed by atoms with Gasteiger partial charge in [0.05, 0.1) is 19.0 Å². The smallest absolute Gasteiger partial charge is 0.214 e. The van der Waals surface area contributed by atoms with Crippen LogP contribution in [0.4, 0.5) is 0 Å². The molecule has 4 nitrogen and oxygen atoms in total. The highest BCUT2D eigenvalue weighted by molar-refractivity contribution is 7.89. The van der Waals surface area contributed by atoms with Gasteiger partial charge < -0.3 is 4.74 Å². The van der Waals surface area contributed by atoms with Crippen molar-refractivity contribution >= 4 is 21.6 Å². The summed E-state index contributed by atoms with van der Waals surface area (Å²) in [6.07, 6.45) is 0. The van der Waals surface area contributed by atoms with E-state index in [2.05, 4.69) is 0 Å². The van der Waals surface area contributed by atoms with E-state index in [-0.39, 0.29) is 11.7 Å². The molecule has 1 unspecified atom stereocenters. The number of hydrogen-bond donors (Lipinski definition) is 0. The molecular formula is C8H16ClNO3S. The molecule has 0 radical (unpaired) electrons. The van der Waals surface area contributed by atoms with E-state index in [0.717, 1.165) is 0 Å². The van der Waals surface area contributed by atoms with Crippen LogP contribution in [-0.4, -0.2) is 50.7 Å². The van der Waals surface area contributed by atoms with E-state index < -0.39 is 10.0 Å². The molecule has 1 heterocycles. The highest BCUT2D eigenvalue weighted by Crippen LogP contribution is 2.10. The van der Waals surface area contributed by atoms with Gasteiger partial charge in [0.25, 0.3) is 0 Å². The zero-order chi connectivity index (χ0) is 10.6. The van der Waals surface area contributed by atoms with Gasteiger partial charge in [0.2, 0.25) is 10.0 Å². The monoisotopic (exact) mass is 241 g/mol. The lowest BCUT2D eigenvalue weighted by Crippen LogP contribution is -2.42. The van der Waals surface area contributed by atoms with Crippen LogP contribution in [-0.2, 0) is 14.8 Å². The van der Waals surface area contributed by atoms with E-state index in [0.29, 0.717) is 32.2 Å². The first-order valence-corrected chi connectivity index (χ1v) is 6.82. The number of nitrogens with zero attached hydrogens (tertiary/aromatic N) is 1. The minimum atomic E-state index is -3.13. The molecule has 1 atom stereocenters. The molecule has 1 aliphatic rings. The number of ether oxygens (including phenoxy) is 1. The maximum Gasteiger partial charge on any atom is 0.214 e. The number of morpholine rings is 1. The van der Waals surface area contributed by atoms with E-state index in [1.807, 2.05) is 6.92 Å². The third-order valence-corrected chi connectivity index (χ3v) is 4.79. The molecule has 6 heteroatoms. The molecule has 0 aromatic carbocycles. The average molecular weight is 242 g/mol. The fourth-order valence-corrected chi connectivity index (χ4v) is 3.33. The predicted octanol–water partition coefficient (Wildman–Crippen LogP) is 0.523. The molecule has 0 spiro atoms. The van der Waals surface area contributed by atoms with Crippen molar-refractivity contribution in [3.05, 3.63) is 0 Å². The lowest BCUT2D eigenvalue weighted by atomic mass is 10.3. The topological polar surface area (TPSA) is 46.6 Å². The minimum absolute atomic E-state index is 0.00418. The Morgan fingerprint density at radius 3 is 2.50 bits per heavy atom. The molecule has 0 aliphatic carbocycles. The summed E-state index contributed by atoms with van der Waals surface area (Å²) >= 11 is 5.59. The number of alkyl halides is 1. The fourth-order valence-electron chi connectivity index (χ4n) is 1.33. The molecule has 0 bridgehead atoms. The second kappa shape index (κ2) is 5.30. The van der Waals surface area contributed by atoms with Crippen LogP contribution in [0.15, 0.2) is 0 Å². The number of rotatable bonds is 4. The van der Waals surface area contributed by atoms with Gasteiger partial charge in [0.15, 0.2) is 0 Å². The third-order valence-electron chi connectivity index (χ3n) is 2.12. The van der Waals surface area contributed by atoms with Crippen molar-refractivity contribution in [3.8, 4) is 0 Å². The molecule has 0 amide bonds. The predicted molar refractivity (Wildman–Crippen MR) is 56.1 cm³/mol. The first-order valence-electron chi connectivity index (χ1n) is 4.68. The van der Waals surface area contributed by atoms with Crippen LogP contribution < -0.4 is 0 Å². The molecule has 1 rings (SSSR count). The maximum absolute atomic E-state index is 11.8. The van der Waals surface area contributed by atoms with Gasteiger partial charge in [-0.3, -0.25) is 0 Å². The SMILES string of the molecule is CC(CCl)CS(=O)(=O)N1CCOCC1. The van der Waals surface area contributed by atoms with Crippen molar-refractivity contribution in [2.24, 2.45) is 5.92 Å². The molecule has 0 aromatic heterocycles. The van der Waals surface area contributed by atoms with Gasteiger partial charge in [-0.05, 0) is 5.92 Å². The molecule has 0 N–H and O–H groups in total. The van der Waals surface area contributed by atoms with Crippen molar-refractivity contribution in [2.45, 2.75) is 6.92 Å². The van der Waals surface area contributed by atoms with Crippen molar-refractivity contribution in [1.29, 1.82) is 0 Å². The number of hydrogen-bond acceptors (Lipinski definition) is 3. The summed E-state index contributed by atoms with van der Waals surface area (Å²) in [7, 11) is -3.13. The Kier molecular flexibility index (Phi) is 4.63. The van der Waals surface area contributed by atoms with Crippen LogP contribution in [0.3, 0.4) is 0 Å². The first-order chi connectivity index (χ1) is 6.56. The van der Waals surface area contributed by atoms with Gasteiger partial charge in [-0.2, -0.15) is 4.31 Å². The van der Waals surface area contributed by atoms with Crippen LogP contribution >= 0.6 is 11.6 Å². The second-order valence-electron chi connectivity index (χ2n) is 3.55. The fraction of sp³-hybridized carbons (Fsp3) is 1.00. The van der Waals surface area contributed by atoms with Gasteiger partial charge in [-0.1, -0.05) is 6.92 Å². The van der Waals surface area contributed by atoms with Crippen LogP contribution in [0, 0.1) is 5.92 Å². The lowest BCUT2D eigenvalue weighted by Gasteiger charge is -2.26. The molecular weight excluding hydrogens is 226 g/mol. The van der Waals surface area contributed by atoms with Gasteiger partial charge in [0, 0.05) is 19.0 Å². The minimum Gasteiger partial charge on any atom is -0.379 e. The Hall–Kier alpha value is 0.160. The van der Waals surface area contributed by atoms with Crippen molar-refractivity contribution in [2.75, 3.05) is 37.9 Å². The van der Waals surface area contributed by atoms with Gasteiger partial charge in [0.1, 0.15) is 0 Å². The highest BCUT2D eigenvalue weighted by atomic mass is 35.5. The molecule has 1 fully saturated rings. The Labute approximate surface area is 90.2 Å². The van der Waals surface area contributed by atoms with Crippen LogP contribution in [0.5, 0.6) is 0 Å². The van der Waals surface area contributed by atoms with Crippen molar-refractivity contribution < 1.29 is 13.2 Å². The number of halogens is 1. The van der Waals surface area contributed by atoms with Crippen LogP contribution in [0.1, 0.15) is 6.92 Å². The molecule has 1 aliphatic heterocycles. The molecule has 14 heavy (non-hydrogen) atoms.